The average molecular weight is 260 g/mol. The summed E-state index contributed by atoms with van der Waals surface area (Å²) in [6, 6.07) is 9.87. The van der Waals surface area contributed by atoms with Crippen LogP contribution in [-0.2, 0) is 6.42 Å². The maximum absolute atomic E-state index is 3.56. The van der Waals surface area contributed by atoms with Crippen molar-refractivity contribution < 1.29 is 0 Å². The summed E-state index contributed by atoms with van der Waals surface area (Å²) in [6.07, 6.45) is 5.02. The summed E-state index contributed by atoms with van der Waals surface area (Å²) >= 11 is 0. The lowest BCUT2D eigenvalue weighted by Crippen LogP contribution is -2.34. The molecule has 2 rings (SSSR count). The fourth-order valence-electron chi connectivity index (χ4n) is 2.69. The molecule has 0 spiro atoms. The Bertz CT molecular complexity index is 352. The van der Waals surface area contributed by atoms with Crippen LogP contribution in [0.25, 0.3) is 0 Å². The van der Waals surface area contributed by atoms with Crippen LogP contribution >= 0.6 is 0 Å². The zero-order valence-electron chi connectivity index (χ0n) is 12.4. The van der Waals surface area contributed by atoms with Crippen LogP contribution in [0.3, 0.4) is 0 Å². The Hall–Kier alpha value is -0.860. The predicted octanol–water partition coefficient (Wildman–Crippen LogP) is 3.08. The van der Waals surface area contributed by atoms with Crippen LogP contribution < -0.4 is 10.6 Å². The summed E-state index contributed by atoms with van der Waals surface area (Å²) in [5.74, 6) is 0.681. The van der Waals surface area contributed by atoms with Crippen molar-refractivity contribution in [3.63, 3.8) is 0 Å². The molecular weight excluding hydrogens is 232 g/mol. The third kappa shape index (κ3) is 4.63. The maximum Gasteiger partial charge on any atom is 0.0192 e. The fraction of sp³-hybridized carbons (Fsp3) is 0.647. The molecule has 19 heavy (non-hydrogen) atoms. The first-order valence-corrected chi connectivity index (χ1v) is 7.82. The topological polar surface area (TPSA) is 24.1 Å². The van der Waals surface area contributed by atoms with Crippen LogP contribution in [-0.4, -0.2) is 25.7 Å². The Labute approximate surface area is 118 Å². The van der Waals surface area contributed by atoms with E-state index in [1.165, 1.54) is 36.9 Å². The van der Waals surface area contributed by atoms with E-state index >= 15 is 0 Å². The van der Waals surface area contributed by atoms with E-state index in [0.29, 0.717) is 12.0 Å². The largest absolute Gasteiger partial charge is 0.315 e. The van der Waals surface area contributed by atoms with Crippen molar-refractivity contribution >= 4 is 0 Å². The second-order valence-electron chi connectivity index (χ2n) is 5.80. The minimum absolute atomic E-state index is 0.681. The Morgan fingerprint density at radius 3 is 2.74 bits per heavy atom. The van der Waals surface area contributed by atoms with Crippen molar-refractivity contribution in [2.75, 3.05) is 19.6 Å². The molecule has 0 bridgehead atoms. The molecule has 1 aliphatic rings. The average Bonchev–Trinajstić information content (AvgIpc) is 2.96. The molecule has 0 aromatic heterocycles. The molecule has 2 heteroatoms. The van der Waals surface area contributed by atoms with Gasteiger partial charge in [0.2, 0.25) is 0 Å². The normalized spacial score (nSPS) is 20.6. The minimum Gasteiger partial charge on any atom is -0.315 e. The van der Waals surface area contributed by atoms with Gasteiger partial charge in [0, 0.05) is 12.6 Å². The van der Waals surface area contributed by atoms with Crippen LogP contribution in [0.1, 0.15) is 50.2 Å². The molecule has 1 saturated heterocycles. The van der Waals surface area contributed by atoms with E-state index in [-0.39, 0.29) is 0 Å². The van der Waals surface area contributed by atoms with Crippen LogP contribution in [0.2, 0.25) is 0 Å². The Kier molecular flexibility index (Phi) is 5.87. The molecular formula is C17H28N2. The number of hydrogen-bond acceptors (Lipinski definition) is 2. The SMILES string of the molecule is CCC(C)c1ccc(CCNCC2CCCN2)cc1. The summed E-state index contributed by atoms with van der Waals surface area (Å²) in [6.45, 7) is 7.94. The van der Waals surface area contributed by atoms with Gasteiger partial charge in [0.25, 0.3) is 0 Å². The van der Waals surface area contributed by atoms with Gasteiger partial charge in [-0.2, -0.15) is 0 Å². The Morgan fingerprint density at radius 2 is 2.11 bits per heavy atom. The van der Waals surface area contributed by atoms with E-state index < -0.39 is 0 Å². The van der Waals surface area contributed by atoms with E-state index in [9.17, 15) is 0 Å². The second-order valence-corrected chi connectivity index (χ2v) is 5.80. The number of benzene rings is 1. The molecule has 2 atom stereocenters. The number of rotatable bonds is 7. The van der Waals surface area contributed by atoms with Crippen molar-refractivity contribution in [2.24, 2.45) is 0 Å². The van der Waals surface area contributed by atoms with E-state index in [0.717, 1.165) is 19.5 Å². The molecule has 1 fully saturated rings. The van der Waals surface area contributed by atoms with Crippen LogP contribution in [0, 0.1) is 0 Å². The molecule has 1 aromatic rings. The van der Waals surface area contributed by atoms with Gasteiger partial charge in [0.05, 0.1) is 0 Å². The van der Waals surface area contributed by atoms with Crippen molar-refractivity contribution in [1.29, 1.82) is 0 Å². The minimum atomic E-state index is 0.681. The lowest BCUT2D eigenvalue weighted by molar-refractivity contribution is 0.537. The highest BCUT2D eigenvalue weighted by Crippen LogP contribution is 2.18. The van der Waals surface area contributed by atoms with Gasteiger partial charge in [-0.3, -0.25) is 0 Å². The van der Waals surface area contributed by atoms with Gasteiger partial charge in [-0.1, -0.05) is 38.1 Å². The Morgan fingerprint density at radius 1 is 1.32 bits per heavy atom. The van der Waals surface area contributed by atoms with Crippen molar-refractivity contribution in [2.45, 2.75) is 51.5 Å². The zero-order valence-corrected chi connectivity index (χ0v) is 12.4. The molecule has 0 aliphatic carbocycles. The third-order valence-electron chi connectivity index (χ3n) is 4.30. The molecule has 106 valence electrons. The van der Waals surface area contributed by atoms with E-state index in [2.05, 4.69) is 48.7 Å². The molecule has 2 unspecified atom stereocenters. The third-order valence-corrected chi connectivity index (χ3v) is 4.30. The van der Waals surface area contributed by atoms with Gasteiger partial charge in [0.1, 0.15) is 0 Å². The first kappa shape index (κ1) is 14.5. The molecule has 1 aromatic carbocycles. The van der Waals surface area contributed by atoms with Gasteiger partial charge in [-0.25, -0.2) is 0 Å². The van der Waals surface area contributed by atoms with Crippen LogP contribution in [0.5, 0.6) is 0 Å². The molecule has 1 heterocycles. The summed E-state index contributed by atoms with van der Waals surface area (Å²) in [5.41, 5.74) is 2.91. The number of nitrogens with one attached hydrogen (secondary N) is 2. The van der Waals surface area contributed by atoms with E-state index in [4.69, 9.17) is 0 Å². The highest BCUT2D eigenvalue weighted by atomic mass is 15.0. The molecule has 0 radical (unpaired) electrons. The summed E-state index contributed by atoms with van der Waals surface area (Å²) < 4.78 is 0. The highest BCUT2D eigenvalue weighted by molar-refractivity contribution is 5.25. The number of hydrogen-bond donors (Lipinski definition) is 2. The van der Waals surface area contributed by atoms with Gasteiger partial charge >= 0.3 is 0 Å². The summed E-state index contributed by atoms with van der Waals surface area (Å²) in [7, 11) is 0. The summed E-state index contributed by atoms with van der Waals surface area (Å²) in [5, 5.41) is 7.08. The quantitative estimate of drug-likeness (QED) is 0.736. The van der Waals surface area contributed by atoms with Crippen LogP contribution in [0.4, 0.5) is 0 Å². The lowest BCUT2D eigenvalue weighted by atomic mass is 9.97. The molecule has 2 N–H and O–H groups in total. The highest BCUT2D eigenvalue weighted by Gasteiger charge is 2.12. The van der Waals surface area contributed by atoms with Crippen molar-refractivity contribution in [3.8, 4) is 0 Å². The first-order valence-electron chi connectivity index (χ1n) is 7.82. The molecule has 1 aliphatic heterocycles. The molecule has 0 saturated carbocycles. The van der Waals surface area contributed by atoms with Crippen molar-refractivity contribution in [3.05, 3.63) is 35.4 Å². The van der Waals surface area contributed by atoms with Gasteiger partial charge in [-0.15, -0.1) is 0 Å². The fourth-order valence-corrected chi connectivity index (χ4v) is 2.69. The standard InChI is InChI=1S/C17H28N2/c1-3-14(2)16-8-6-15(7-9-16)10-12-18-13-17-5-4-11-19-17/h6-9,14,17-19H,3-5,10-13H2,1-2H3. The van der Waals surface area contributed by atoms with Crippen LogP contribution in [0.15, 0.2) is 24.3 Å². The first-order chi connectivity index (χ1) is 9.29. The summed E-state index contributed by atoms with van der Waals surface area (Å²) in [4.78, 5) is 0. The smallest absolute Gasteiger partial charge is 0.0192 e. The monoisotopic (exact) mass is 260 g/mol. The lowest BCUT2D eigenvalue weighted by Gasteiger charge is -2.12. The van der Waals surface area contributed by atoms with Gasteiger partial charge in [0.15, 0.2) is 0 Å². The second kappa shape index (κ2) is 7.66. The van der Waals surface area contributed by atoms with E-state index in [1.54, 1.807) is 0 Å². The van der Waals surface area contributed by atoms with Crippen molar-refractivity contribution in [1.82, 2.24) is 10.6 Å². The van der Waals surface area contributed by atoms with Gasteiger partial charge in [-0.05, 0) is 55.8 Å². The maximum atomic E-state index is 3.56. The molecule has 0 amide bonds. The van der Waals surface area contributed by atoms with E-state index in [1.807, 2.05) is 0 Å². The molecule has 2 nitrogen and oxygen atoms in total. The predicted molar refractivity (Wildman–Crippen MR) is 82.7 cm³/mol. The Balaban J connectivity index is 1.67. The zero-order chi connectivity index (χ0) is 13.5. The van der Waals surface area contributed by atoms with Gasteiger partial charge < -0.3 is 10.6 Å².